The fraction of sp³-hybridized carbons (Fsp3) is 0.500. The van der Waals surface area contributed by atoms with E-state index in [4.69, 9.17) is 12.2 Å². The predicted octanol–water partition coefficient (Wildman–Crippen LogP) is 1.66. The molecule has 0 bridgehead atoms. The zero-order valence-corrected chi connectivity index (χ0v) is 14.2. The average molecular weight is 327 g/mol. The Morgan fingerprint density at radius 2 is 2.10 bits per heavy atom. The summed E-state index contributed by atoms with van der Waals surface area (Å²) < 4.78 is 23.4. The van der Waals surface area contributed by atoms with Gasteiger partial charge in [0.1, 0.15) is 0 Å². The highest BCUT2D eigenvalue weighted by atomic mass is 32.2. The largest absolute Gasteiger partial charge is 0.332 e. The lowest BCUT2D eigenvalue weighted by atomic mass is 10.2. The van der Waals surface area contributed by atoms with Crippen molar-refractivity contribution in [2.75, 3.05) is 30.9 Å². The van der Waals surface area contributed by atoms with E-state index in [1.807, 2.05) is 55.3 Å². The van der Waals surface area contributed by atoms with Crippen molar-refractivity contribution in [2.45, 2.75) is 19.4 Å². The van der Waals surface area contributed by atoms with E-state index in [1.54, 1.807) is 0 Å². The Kier molecular flexibility index (Phi) is 4.85. The quantitative estimate of drug-likeness (QED) is 0.673. The van der Waals surface area contributed by atoms with E-state index >= 15 is 0 Å². The van der Waals surface area contributed by atoms with Crippen LogP contribution in [0.1, 0.15) is 12.0 Å². The van der Waals surface area contributed by atoms with E-state index in [9.17, 15) is 8.42 Å². The summed E-state index contributed by atoms with van der Waals surface area (Å²) in [5.74, 6) is 0.385. The van der Waals surface area contributed by atoms with Crippen molar-refractivity contribution in [3.8, 4) is 0 Å². The lowest BCUT2D eigenvalue weighted by molar-refractivity contribution is 0.0757. The van der Waals surface area contributed by atoms with E-state index < -0.39 is 9.84 Å². The van der Waals surface area contributed by atoms with Crippen LogP contribution in [0.5, 0.6) is 0 Å². The molecule has 1 aromatic rings. The van der Waals surface area contributed by atoms with Crippen molar-refractivity contribution in [2.24, 2.45) is 0 Å². The lowest BCUT2D eigenvalue weighted by Crippen LogP contribution is -2.51. The first-order valence-corrected chi connectivity index (χ1v) is 9.06. The minimum absolute atomic E-state index is 0.102. The van der Waals surface area contributed by atoms with Crippen LogP contribution in [0.4, 0.5) is 5.69 Å². The number of sulfone groups is 1. The Labute approximate surface area is 131 Å². The van der Waals surface area contributed by atoms with Gasteiger partial charge in [-0.15, -0.1) is 0 Å². The summed E-state index contributed by atoms with van der Waals surface area (Å²) in [4.78, 5) is 0. The van der Waals surface area contributed by atoms with E-state index in [-0.39, 0.29) is 17.5 Å². The second-order valence-electron chi connectivity index (χ2n) is 5.55. The number of rotatable bonds is 3. The number of hydrogen-bond donors (Lipinski definition) is 1. The molecule has 0 aromatic heterocycles. The standard InChI is InChI=1S/C14H21N3O2S2/c1-11-5-4-6-12(9-11)15-14(20)17(16(2)3)13-7-8-21(18,19)10-13/h4-6,9,13H,7-8,10H2,1-3H3,(H,15,20)/t13-/m1/s1. The van der Waals surface area contributed by atoms with Crippen LogP contribution in [-0.2, 0) is 9.84 Å². The third-order valence-electron chi connectivity index (χ3n) is 3.46. The maximum absolute atomic E-state index is 11.7. The molecule has 21 heavy (non-hydrogen) atoms. The van der Waals surface area contributed by atoms with Gasteiger partial charge in [0.05, 0.1) is 17.5 Å². The zero-order chi connectivity index (χ0) is 15.6. The van der Waals surface area contributed by atoms with Crippen LogP contribution in [0.15, 0.2) is 24.3 Å². The van der Waals surface area contributed by atoms with Crippen molar-refractivity contribution in [3.63, 3.8) is 0 Å². The number of nitrogens with one attached hydrogen (secondary N) is 1. The highest BCUT2D eigenvalue weighted by Gasteiger charge is 2.34. The SMILES string of the molecule is Cc1cccc(NC(=S)N([C@@H]2CCS(=O)(=O)C2)N(C)C)c1. The summed E-state index contributed by atoms with van der Waals surface area (Å²) in [5, 5.41) is 7.40. The van der Waals surface area contributed by atoms with Crippen molar-refractivity contribution < 1.29 is 8.42 Å². The number of nitrogens with zero attached hydrogens (tertiary/aromatic N) is 2. The molecule has 0 saturated carbocycles. The van der Waals surface area contributed by atoms with Crippen LogP contribution >= 0.6 is 12.2 Å². The molecule has 5 nitrogen and oxygen atoms in total. The van der Waals surface area contributed by atoms with Crippen molar-refractivity contribution in [1.82, 2.24) is 10.0 Å². The Balaban J connectivity index is 2.13. The normalized spacial score (nSPS) is 20.5. The Bertz CT molecular complexity index is 629. The molecule has 1 heterocycles. The third-order valence-corrected chi connectivity index (χ3v) is 5.50. The molecule has 0 radical (unpaired) electrons. The number of aryl methyl sites for hydroxylation is 1. The van der Waals surface area contributed by atoms with E-state index in [1.165, 1.54) is 0 Å². The zero-order valence-electron chi connectivity index (χ0n) is 12.5. The van der Waals surface area contributed by atoms with Crippen molar-refractivity contribution >= 4 is 32.9 Å². The van der Waals surface area contributed by atoms with Gasteiger partial charge in [0.25, 0.3) is 0 Å². The lowest BCUT2D eigenvalue weighted by Gasteiger charge is -2.36. The van der Waals surface area contributed by atoms with E-state index in [0.29, 0.717) is 11.5 Å². The number of hydrogen-bond acceptors (Lipinski definition) is 4. The monoisotopic (exact) mass is 327 g/mol. The Morgan fingerprint density at radius 1 is 1.38 bits per heavy atom. The van der Waals surface area contributed by atoms with Crippen LogP contribution < -0.4 is 5.32 Å². The highest BCUT2D eigenvalue weighted by molar-refractivity contribution is 7.91. The summed E-state index contributed by atoms with van der Waals surface area (Å²) in [6, 6.07) is 7.82. The Hall–Kier alpha value is -1.18. The summed E-state index contributed by atoms with van der Waals surface area (Å²) >= 11 is 5.47. The fourth-order valence-electron chi connectivity index (χ4n) is 2.55. The average Bonchev–Trinajstić information content (AvgIpc) is 2.68. The summed E-state index contributed by atoms with van der Waals surface area (Å²) in [5.41, 5.74) is 2.05. The molecule has 1 atom stereocenters. The minimum atomic E-state index is -2.94. The van der Waals surface area contributed by atoms with E-state index in [2.05, 4.69) is 5.32 Å². The van der Waals surface area contributed by atoms with Gasteiger partial charge in [-0.3, -0.25) is 5.01 Å². The van der Waals surface area contributed by atoms with Crippen molar-refractivity contribution in [1.29, 1.82) is 0 Å². The molecule has 0 amide bonds. The molecule has 0 unspecified atom stereocenters. The number of thiocarbonyl (C=S) groups is 1. The molecule has 1 N–H and O–H groups in total. The van der Waals surface area contributed by atoms with Crippen molar-refractivity contribution in [3.05, 3.63) is 29.8 Å². The van der Waals surface area contributed by atoms with Gasteiger partial charge in [-0.2, -0.15) is 0 Å². The van der Waals surface area contributed by atoms with Crippen LogP contribution in [0.25, 0.3) is 0 Å². The number of hydrazine groups is 1. The Morgan fingerprint density at radius 3 is 2.62 bits per heavy atom. The first-order chi connectivity index (χ1) is 9.78. The maximum atomic E-state index is 11.7. The van der Waals surface area contributed by atoms with Gasteiger partial charge in [0.15, 0.2) is 14.9 Å². The molecule has 2 rings (SSSR count). The molecule has 7 heteroatoms. The summed E-state index contributed by atoms with van der Waals surface area (Å²) in [7, 11) is 0.798. The van der Waals surface area contributed by atoms with Gasteiger partial charge < -0.3 is 5.32 Å². The van der Waals surface area contributed by atoms with Gasteiger partial charge in [-0.25, -0.2) is 13.4 Å². The van der Waals surface area contributed by atoms with Gasteiger partial charge in [0, 0.05) is 19.8 Å². The molecule has 1 aromatic carbocycles. The number of benzene rings is 1. The van der Waals surface area contributed by atoms with E-state index in [0.717, 1.165) is 11.3 Å². The first-order valence-electron chi connectivity index (χ1n) is 6.83. The molecule has 1 aliphatic heterocycles. The molecular formula is C14H21N3O2S2. The predicted molar refractivity (Wildman–Crippen MR) is 90.0 cm³/mol. The molecular weight excluding hydrogens is 306 g/mol. The molecule has 1 aliphatic rings. The van der Waals surface area contributed by atoms with Gasteiger partial charge in [-0.05, 0) is 43.3 Å². The molecule has 116 valence electrons. The maximum Gasteiger partial charge on any atom is 0.188 e. The van der Waals surface area contributed by atoms with Crippen LogP contribution in [-0.4, -0.2) is 55.2 Å². The minimum Gasteiger partial charge on any atom is -0.332 e. The topological polar surface area (TPSA) is 52.7 Å². The highest BCUT2D eigenvalue weighted by Crippen LogP contribution is 2.20. The number of anilines is 1. The second-order valence-corrected chi connectivity index (χ2v) is 8.16. The second kappa shape index (κ2) is 6.29. The summed E-state index contributed by atoms with van der Waals surface area (Å²) in [6.07, 6.45) is 0.607. The molecule has 1 fully saturated rings. The molecule has 0 aliphatic carbocycles. The smallest absolute Gasteiger partial charge is 0.188 e. The van der Waals surface area contributed by atoms with Crippen LogP contribution in [0.3, 0.4) is 0 Å². The summed E-state index contributed by atoms with van der Waals surface area (Å²) in [6.45, 7) is 2.02. The van der Waals surface area contributed by atoms with Crippen LogP contribution in [0.2, 0.25) is 0 Å². The van der Waals surface area contributed by atoms with Gasteiger partial charge in [-0.1, -0.05) is 12.1 Å². The first kappa shape index (κ1) is 16.2. The molecule has 0 spiro atoms. The van der Waals surface area contributed by atoms with Gasteiger partial charge >= 0.3 is 0 Å². The van der Waals surface area contributed by atoms with Crippen LogP contribution in [0, 0.1) is 6.92 Å². The third kappa shape index (κ3) is 4.15. The van der Waals surface area contributed by atoms with Gasteiger partial charge in [0.2, 0.25) is 0 Å². The molecule has 1 saturated heterocycles. The fourth-order valence-corrected chi connectivity index (χ4v) is 4.67.